The molecule has 0 fully saturated rings. The lowest BCUT2D eigenvalue weighted by molar-refractivity contribution is 0.104. The molecule has 0 spiro atoms. The number of phenols is 1. The van der Waals surface area contributed by atoms with Gasteiger partial charge in [0.1, 0.15) is 5.75 Å². The number of allylic oxidation sites excluding steroid dienone is 2. The van der Waals surface area contributed by atoms with Crippen LogP contribution in [-0.2, 0) is 6.42 Å². The number of aromatic hydroxyl groups is 1. The predicted octanol–water partition coefficient (Wildman–Crippen LogP) is 1.69. The Morgan fingerprint density at radius 2 is 2.17 bits per heavy atom. The summed E-state index contributed by atoms with van der Waals surface area (Å²) in [5, 5.41) is 9.13. The zero-order chi connectivity index (χ0) is 8.55. The molecule has 0 unspecified atom stereocenters. The number of fused-ring (bicyclic) bond motifs is 1. The first-order valence-electron chi connectivity index (χ1n) is 3.80. The normalized spacial score (nSPS) is 14.5. The van der Waals surface area contributed by atoms with E-state index in [1.165, 1.54) is 6.07 Å². The van der Waals surface area contributed by atoms with E-state index in [2.05, 4.69) is 0 Å². The number of carbonyl (C=O) groups is 1. The number of rotatable bonds is 0. The summed E-state index contributed by atoms with van der Waals surface area (Å²) in [6.07, 6.45) is 4.16. The number of phenolic OH excluding ortho intramolecular Hbond substituents is 1. The molecule has 60 valence electrons. The Morgan fingerprint density at radius 1 is 1.33 bits per heavy atom. The number of carbonyl (C=O) groups excluding carboxylic acids is 1. The summed E-state index contributed by atoms with van der Waals surface area (Å²) in [6, 6.07) is 4.90. The van der Waals surface area contributed by atoms with Crippen LogP contribution in [0.25, 0.3) is 0 Å². The minimum atomic E-state index is -0.0212. The van der Waals surface area contributed by atoms with E-state index >= 15 is 0 Å². The van der Waals surface area contributed by atoms with Gasteiger partial charge in [-0.3, -0.25) is 4.79 Å². The number of benzene rings is 1. The molecule has 1 aromatic rings. The van der Waals surface area contributed by atoms with Crippen molar-refractivity contribution in [3.05, 3.63) is 41.5 Å². The van der Waals surface area contributed by atoms with Gasteiger partial charge in [0.2, 0.25) is 0 Å². The van der Waals surface area contributed by atoms with Crippen molar-refractivity contribution in [2.24, 2.45) is 0 Å². The van der Waals surface area contributed by atoms with Gasteiger partial charge in [-0.25, -0.2) is 0 Å². The summed E-state index contributed by atoms with van der Waals surface area (Å²) in [5.41, 5.74) is 1.61. The van der Waals surface area contributed by atoms with E-state index in [9.17, 15) is 4.79 Å². The van der Waals surface area contributed by atoms with Gasteiger partial charge >= 0.3 is 0 Å². The first-order chi connectivity index (χ1) is 5.77. The Bertz CT molecular complexity index is 364. The fourth-order valence-corrected chi connectivity index (χ4v) is 1.35. The highest BCUT2D eigenvalue weighted by Crippen LogP contribution is 2.21. The van der Waals surface area contributed by atoms with Crippen molar-refractivity contribution in [1.82, 2.24) is 0 Å². The molecule has 1 aromatic carbocycles. The molecule has 0 bridgehead atoms. The van der Waals surface area contributed by atoms with Crippen molar-refractivity contribution in [1.29, 1.82) is 0 Å². The molecule has 0 radical (unpaired) electrons. The smallest absolute Gasteiger partial charge is 0.185 e. The predicted molar refractivity (Wildman–Crippen MR) is 45.3 cm³/mol. The first-order valence-corrected chi connectivity index (χ1v) is 3.80. The number of hydrogen-bond donors (Lipinski definition) is 1. The fraction of sp³-hybridized carbons (Fsp3) is 0.100. The van der Waals surface area contributed by atoms with Crippen molar-refractivity contribution in [3.8, 4) is 5.75 Å². The van der Waals surface area contributed by atoms with E-state index in [0.717, 1.165) is 12.0 Å². The first kappa shape index (κ1) is 7.10. The highest BCUT2D eigenvalue weighted by molar-refractivity contribution is 6.06. The summed E-state index contributed by atoms with van der Waals surface area (Å²) in [6.45, 7) is 0. The SMILES string of the molecule is O=C1C=CCc2ccc(O)cc21. The zero-order valence-corrected chi connectivity index (χ0v) is 6.45. The molecule has 1 aliphatic carbocycles. The third kappa shape index (κ3) is 1.01. The molecule has 0 atom stereocenters. The molecular weight excluding hydrogens is 152 g/mol. The van der Waals surface area contributed by atoms with E-state index in [1.807, 2.05) is 6.08 Å². The van der Waals surface area contributed by atoms with E-state index in [0.29, 0.717) is 5.56 Å². The maximum absolute atomic E-state index is 11.2. The summed E-state index contributed by atoms with van der Waals surface area (Å²) in [7, 11) is 0. The molecule has 1 N–H and O–H groups in total. The summed E-state index contributed by atoms with van der Waals surface area (Å²) in [4.78, 5) is 11.2. The third-order valence-corrected chi connectivity index (χ3v) is 1.97. The second-order valence-corrected chi connectivity index (χ2v) is 2.81. The van der Waals surface area contributed by atoms with Crippen molar-refractivity contribution in [2.45, 2.75) is 6.42 Å². The van der Waals surface area contributed by atoms with Gasteiger partial charge in [0.25, 0.3) is 0 Å². The van der Waals surface area contributed by atoms with Crippen LogP contribution in [0.3, 0.4) is 0 Å². The van der Waals surface area contributed by atoms with Gasteiger partial charge in [-0.05, 0) is 30.2 Å². The van der Waals surface area contributed by atoms with Gasteiger partial charge in [-0.2, -0.15) is 0 Å². The van der Waals surface area contributed by atoms with Gasteiger partial charge in [-0.15, -0.1) is 0 Å². The Hall–Kier alpha value is -1.57. The lowest BCUT2D eigenvalue weighted by Crippen LogP contribution is -2.04. The van der Waals surface area contributed by atoms with Crippen LogP contribution in [0.1, 0.15) is 15.9 Å². The Kier molecular flexibility index (Phi) is 1.47. The van der Waals surface area contributed by atoms with Crippen LogP contribution in [0.5, 0.6) is 5.75 Å². The Labute approximate surface area is 70.2 Å². The van der Waals surface area contributed by atoms with Gasteiger partial charge in [0.05, 0.1) is 0 Å². The molecule has 0 saturated carbocycles. The average Bonchev–Trinajstić information content (AvgIpc) is 2.07. The zero-order valence-electron chi connectivity index (χ0n) is 6.45. The molecule has 0 aromatic heterocycles. The number of hydrogen-bond acceptors (Lipinski definition) is 2. The summed E-state index contributed by atoms with van der Waals surface area (Å²) in [5.74, 6) is 0.129. The van der Waals surface area contributed by atoms with Crippen molar-refractivity contribution < 1.29 is 9.90 Å². The molecule has 2 nitrogen and oxygen atoms in total. The van der Waals surface area contributed by atoms with Gasteiger partial charge < -0.3 is 5.11 Å². The van der Waals surface area contributed by atoms with Crippen LogP contribution in [0.4, 0.5) is 0 Å². The van der Waals surface area contributed by atoms with Crippen molar-refractivity contribution in [3.63, 3.8) is 0 Å². The number of ketones is 1. The third-order valence-electron chi connectivity index (χ3n) is 1.97. The monoisotopic (exact) mass is 160 g/mol. The molecule has 0 saturated heterocycles. The van der Waals surface area contributed by atoms with Crippen LogP contribution < -0.4 is 0 Å². The molecule has 1 aliphatic rings. The molecular formula is C10H8O2. The quantitative estimate of drug-likeness (QED) is 0.627. The van der Waals surface area contributed by atoms with Crippen LogP contribution in [-0.4, -0.2) is 10.9 Å². The molecule has 12 heavy (non-hydrogen) atoms. The molecule has 0 heterocycles. The van der Waals surface area contributed by atoms with E-state index in [-0.39, 0.29) is 11.5 Å². The van der Waals surface area contributed by atoms with E-state index < -0.39 is 0 Å². The van der Waals surface area contributed by atoms with Gasteiger partial charge in [0.15, 0.2) is 5.78 Å². The lowest BCUT2D eigenvalue weighted by Gasteiger charge is -2.08. The maximum Gasteiger partial charge on any atom is 0.185 e. The highest BCUT2D eigenvalue weighted by atomic mass is 16.3. The standard InChI is InChI=1S/C10H8O2/c11-8-5-4-7-2-1-3-10(12)9(7)6-8/h1,3-6,11H,2H2. The summed E-state index contributed by atoms with van der Waals surface area (Å²) >= 11 is 0. The Morgan fingerprint density at radius 3 is 3.00 bits per heavy atom. The fourth-order valence-electron chi connectivity index (χ4n) is 1.35. The van der Waals surface area contributed by atoms with Crippen molar-refractivity contribution >= 4 is 5.78 Å². The second-order valence-electron chi connectivity index (χ2n) is 2.81. The van der Waals surface area contributed by atoms with Crippen LogP contribution in [0.15, 0.2) is 30.4 Å². The largest absolute Gasteiger partial charge is 0.508 e. The second kappa shape index (κ2) is 2.48. The van der Waals surface area contributed by atoms with E-state index in [1.54, 1.807) is 18.2 Å². The minimum absolute atomic E-state index is 0.0212. The van der Waals surface area contributed by atoms with Crippen LogP contribution in [0, 0.1) is 0 Å². The van der Waals surface area contributed by atoms with E-state index in [4.69, 9.17) is 5.11 Å². The lowest BCUT2D eigenvalue weighted by atomic mass is 9.96. The maximum atomic E-state index is 11.2. The van der Waals surface area contributed by atoms with Gasteiger partial charge in [-0.1, -0.05) is 12.1 Å². The minimum Gasteiger partial charge on any atom is -0.508 e. The van der Waals surface area contributed by atoms with Crippen LogP contribution >= 0.6 is 0 Å². The molecule has 2 heteroatoms. The Balaban J connectivity index is 2.59. The van der Waals surface area contributed by atoms with Gasteiger partial charge in [0, 0.05) is 5.56 Å². The topological polar surface area (TPSA) is 37.3 Å². The molecule has 0 aliphatic heterocycles. The van der Waals surface area contributed by atoms with Crippen LogP contribution in [0.2, 0.25) is 0 Å². The summed E-state index contributed by atoms with van der Waals surface area (Å²) < 4.78 is 0. The molecule has 0 amide bonds. The van der Waals surface area contributed by atoms with Crippen molar-refractivity contribution in [2.75, 3.05) is 0 Å². The average molecular weight is 160 g/mol. The highest BCUT2D eigenvalue weighted by Gasteiger charge is 2.12. The molecule has 2 rings (SSSR count).